The van der Waals surface area contributed by atoms with Gasteiger partial charge in [-0.05, 0) is 49.4 Å². The molecule has 4 rings (SSSR count). The van der Waals surface area contributed by atoms with Crippen molar-refractivity contribution in [3.8, 4) is 0 Å². The van der Waals surface area contributed by atoms with Crippen molar-refractivity contribution in [1.82, 2.24) is 9.78 Å². The number of aliphatic hydroxyl groups excluding tert-OH is 1. The van der Waals surface area contributed by atoms with E-state index in [-0.39, 0.29) is 24.6 Å². The third kappa shape index (κ3) is 3.64. The number of ether oxygens (including phenoxy) is 1. The molecule has 154 valence electrons. The molecule has 0 bridgehead atoms. The number of rotatable bonds is 6. The number of ketones is 1. The van der Waals surface area contributed by atoms with Crippen LogP contribution in [0.3, 0.4) is 0 Å². The van der Waals surface area contributed by atoms with Crippen molar-refractivity contribution in [2.24, 2.45) is 0 Å². The Morgan fingerprint density at radius 1 is 1.13 bits per heavy atom. The van der Waals surface area contributed by atoms with Crippen LogP contribution in [0.5, 0.6) is 0 Å². The number of carbonyl (C=O) groups excluding carboxylic acids is 2. The highest BCUT2D eigenvalue weighted by molar-refractivity contribution is 6.05. The van der Waals surface area contributed by atoms with Gasteiger partial charge in [0.05, 0.1) is 18.5 Å². The van der Waals surface area contributed by atoms with Crippen LogP contribution in [0, 0.1) is 0 Å². The minimum Gasteiger partial charge on any atom is -0.449 e. The van der Waals surface area contributed by atoms with Gasteiger partial charge in [-0.2, -0.15) is 5.10 Å². The lowest BCUT2D eigenvalue weighted by molar-refractivity contribution is 0.0312. The number of aliphatic hydroxyl groups is 1. The SMILES string of the molecule is C[C@H](OC(=O)c1nn(CCO)c(=O)c2ccccc12)C(=O)c1ccc2c(c1)CCC2. The third-order valence-electron chi connectivity index (χ3n) is 5.41. The summed E-state index contributed by atoms with van der Waals surface area (Å²) in [6.45, 7) is 1.18. The minimum atomic E-state index is -1.00. The van der Waals surface area contributed by atoms with E-state index in [1.165, 1.54) is 18.1 Å². The number of carbonyl (C=O) groups is 2. The van der Waals surface area contributed by atoms with E-state index < -0.39 is 17.6 Å². The van der Waals surface area contributed by atoms with Crippen LogP contribution in [0.25, 0.3) is 10.8 Å². The Morgan fingerprint density at radius 2 is 1.87 bits per heavy atom. The molecular formula is C23H22N2O5. The molecule has 1 N–H and O–H groups in total. The van der Waals surface area contributed by atoms with E-state index in [9.17, 15) is 19.5 Å². The van der Waals surface area contributed by atoms with Crippen molar-refractivity contribution < 1.29 is 19.4 Å². The quantitative estimate of drug-likeness (QED) is 0.498. The highest BCUT2D eigenvalue weighted by atomic mass is 16.5. The summed E-state index contributed by atoms with van der Waals surface area (Å²) in [5.41, 5.74) is 2.48. The fourth-order valence-electron chi connectivity index (χ4n) is 3.86. The molecule has 3 aromatic rings. The fourth-order valence-corrected chi connectivity index (χ4v) is 3.86. The number of benzene rings is 2. The van der Waals surface area contributed by atoms with Crippen LogP contribution < -0.4 is 5.56 Å². The summed E-state index contributed by atoms with van der Waals surface area (Å²) in [7, 11) is 0. The number of aryl methyl sites for hydroxylation is 2. The summed E-state index contributed by atoms with van der Waals surface area (Å²) in [5.74, 6) is -1.08. The largest absolute Gasteiger partial charge is 0.449 e. The van der Waals surface area contributed by atoms with E-state index in [0.29, 0.717) is 16.3 Å². The molecule has 0 saturated carbocycles. The van der Waals surface area contributed by atoms with E-state index >= 15 is 0 Å². The molecule has 1 atom stereocenters. The van der Waals surface area contributed by atoms with Gasteiger partial charge in [-0.3, -0.25) is 9.59 Å². The lowest BCUT2D eigenvalue weighted by Gasteiger charge is -2.14. The van der Waals surface area contributed by atoms with Crippen molar-refractivity contribution in [1.29, 1.82) is 0 Å². The van der Waals surface area contributed by atoms with Gasteiger partial charge in [-0.1, -0.05) is 30.3 Å². The first-order valence-corrected chi connectivity index (χ1v) is 9.97. The van der Waals surface area contributed by atoms with Crippen molar-refractivity contribution >= 4 is 22.5 Å². The number of hydrogen-bond donors (Lipinski definition) is 1. The molecular weight excluding hydrogens is 384 g/mol. The first kappa shape index (κ1) is 20.0. The van der Waals surface area contributed by atoms with Crippen LogP contribution in [0.1, 0.15) is 45.3 Å². The molecule has 1 aliphatic carbocycles. The zero-order valence-electron chi connectivity index (χ0n) is 16.6. The summed E-state index contributed by atoms with van der Waals surface area (Å²) in [6.07, 6.45) is 2.05. The highest BCUT2D eigenvalue weighted by Crippen LogP contribution is 2.24. The molecule has 0 amide bonds. The first-order chi connectivity index (χ1) is 14.5. The number of Topliss-reactive ketones (excluding diaryl/α,β-unsaturated/α-hetero) is 1. The standard InChI is InChI=1S/C23H22N2O5/c1-14(21(27)17-10-9-15-5-4-6-16(15)13-17)30-23(29)20-18-7-2-3-8-19(18)22(28)25(24-20)11-12-26/h2-3,7-10,13-14,26H,4-6,11-12H2,1H3/t14-/m0/s1. The van der Waals surface area contributed by atoms with Gasteiger partial charge in [0.2, 0.25) is 5.78 Å². The molecule has 1 heterocycles. The molecule has 2 aromatic carbocycles. The van der Waals surface area contributed by atoms with Crippen LogP contribution in [-0.2, 0) is 24.1 Å². The monoisotopic (exact) mass is 406 g/mol. The summed E-state index contributed by atoms with van der Waals surface area (Å²) >= 11 is 0. The highest BCUT2D eigenvalue weighted by Gasteiger charge is 2.25. The topological polar surface area (TPSA) is 98.5 Å². The second-order valence-electron chi connectivity index (χ2n) is 7.39. The molecule has 0 aliphatic heterocycles. The Balaban J connectivity index is 1.62. The van der Waals surface area contributed by atoms with Crippen molar-refractivity contribution in [3.05, 3.63) is 75.2 Å². The summed E-state index contributed by atoms with van der Waals surface area (Å²) in [6, 6.07) is 12.2. The van der Waals surface area contributed by atoms with E-state index in [4.69, 9.17) is 4.74 Å². The number of aromatic nitrogens is 2. The van der Waals surface area contributed by atoms with E-state index in [1.807, 2.05) is 12.1 Å². The number of nitrogens with zero attached hydrogens (tertiary/aromatic N) is 2. The average molecular weight is 406 g/mol. The number of esters is 1. The van der Waals surface area contributed by atoms with Gasteiger partial charge in [0.15, 0.2) is 11.8 Å². The number of hydrogen-bond acceptors (Lipinski definition) is 6. The van der Waals surface area contributed by atoms with Crippen LogP contribution in [0.4, 0.5) is 0 Å². The lowest BCUT2D eigenvalue weighted by atomic mass is 10.0. The molecule has 0 fully saturated rings. The Bertz CT molecular complexity index is 1200. The Labute approximate surface area is 172 Å². The van der Waals surface area contributed by atoms with Crippen LogP contribution >= 0.6 is 0 Å². The molecule has 7 heteroatoms. The van der Waals surface area contributed by atoms with E-state index in [0.717, 1.165) is 23.9 Å². The summed E-state index contributed by atoms with van der Waals surface area (Å²) in [5, 5.41) is 13.9. The van der Waals surface area contributed by atoms with Gasteiger partial charge in [0, 0.05) is 10.9 Å². The van der Waals surface area contributed by atoms with E-state index in [2.05, 4.69) is 5.10 Å². The third-order valence-corrected chi connectivity index (χ3v) is 5.41. The van der Waals surface area contributed by atoms with Crippen molar-refractivity contribution in [2.75, 3.05) is 6.61 Å². The zero-order chi connectivity index (χ0) is 21.3. The van der Waals surface area contributed by atoms with Crippen LogP contribution in [-0.4, -0.2) is 39.4 Å². The Hall–Kier alpha value is -3.32. The molecule has 7 nitrogen and oxygen atoms in total. The van der Waals surface area contributed by atoms with Crippen molar-refractivity contribution in [2.45, 2.75) is 38.8 Å². The average Bonchev–Trinajstić information content (AvgIpc) is 3.23. The summed E-state index contributed by atoms with van der Waals surface area (Å²) < 4.78 is 6.46. The van der Waals surface area contributed by atoms with Gasteiger partial charge in [-0.15, -0.1) is 0 Å². The van der Waals surface area contributed by atoms with E-state index in [1.54, 1.807) is 30.3 Å². The predicted molar refractivity (Wildman–Crippen MR) is 111 cm³/mol. The Kier molecular flexibility index (Phi) is 5.46. The molecule has 0 spiro atoms. The smallest absolute Gasteiger partial charge is 0.360 e. The maximum Gasteiger partial charge on any atom is 0.360 e. The lowest BCUT2D eigenvalue weighted by Crippen LogP contribution is -2.30. The normalized spacial score (nSPS) is 13.8. The molecule has 0 saturated heterocycles. The van der Waals surface area contributed by atoms with Crippen molar-refractivity contribution in [3.63, 3.8) is 0 Å². The maximum absolute atomic E-state index is 12.8. The van der Waals surface area contributed by atoms with Crippen LogP contribution in [0.15, 0.2) is 47.3 Å². The minimum absolute atomic E-state index is 0.0481. The molecule has 0 unspecified atom stereocenters. The maximum atomic E-state index is 12.8. The second-order valence-corrected chi connectivity index (χ2v) is 7.39. The fraction of sp³-hybridized carbons (Fsp3) is 0.304. The van der Waals surface area contributed by atoms with Crippen LogP contribution in [0.2, 0.25) is 0 Å². The first-order valence-electron chi connectivity index (χ1n) is 9.97. The molecule has 0 radical (unpaired) electrons. The molecule has 30 heavy (non-hydrogen) atoms. The van der Waals surface area contributed by atoms with Gasteiger partial charge < -0.3 is 9.84 Å². The number of fused-ring (bicyclic) bond motifs is 2. The molecule has 1 aromatic heterocycles. The second kappa shape index (κ2) is 8.20. The van der Waals surface area contributed by atoms with Gasteiger partial charge >= 0.3 is 5.97 Å². The molecule has 1 aliphatic rings. The predicted octanol–water partition coefficient (Wildman–Crippen LogP) is 2.31. The Morgan fingerprint density at radius 3 is 2.63 bits per heavy atom. The van der Waals surface area contributed by atoms with Gasteiger partial charge in [0.1, 0.15) is 0 Å². The zero-order valence-corrected chi connectivity index (χ0v) is 16.6. The van der Waals surface area contributed by atoms with Gasteiger partial charge in [-0.25, -0.2) is 9.48 Å². The summed E-state index contributed by atoms with van der Waals surface area (Å²) in [4.78, 5) is 38.1. The van der Waals surface area contributed by atoms with Gasteiger partial charge in [0.25, 0.3) is 5.56 Å².